The first-order chi connectivity index (χ1) is 9.31. The van der Waals surface area contributed by atoms with Gasteiger partial charge >= 0.3 is 0 Å². The molecule has 0 radical (unpaired) electrons. The van der Waals surface area contributed by atoms with E-state index in [1.807, 2.05) is 11.6 Å². The average molecular weight is 339 g/mol. The zero-order valence-corrected chi connectivity index (χ0v) is 13.5. The Bertz CT molecular complexity index is 485. The molecule has 1 N–H and O–H groups in total. The molecule has 1 aromatic carbocycles. The molecule has 19 heavy (non-hydrogen) atoms. The maximum atomic E-state index is 4.41. The molecule has 0 amide bonds. The molecule has 1 unspecified atom stereocenters. The third kappa shape index (κ3) is 4.41. The maximum absolute atomic E-state index is 4.41. The molecule has 1 atom stereocenters. The lowest BCUT2D eigenvalue weighted by molar-refractivity contribution is 0.574. The van der Waals surface area contributed by atoms with Crippen molar-refractivity contribution in [3.05, 3.63) is 50.9 Å². The van der Waals surface area contributed by atoms with E-state index in [-0.39, 0.29) is 0 Å². The molecule has 1 aromatic heterocycles. The van der Waals surface area contributed by atoms with Gasteiger partial charge in [-0.05, 0) is 24.6 Å². The number of nitrogens with zero attached hydrogens (tertiary/aromatic N) is 1. The molecule has 4 heteroatoms. The van der Waals surface area contributed by atoms with E-state index in [2.05, 4.69) is 57.4 Å². The van der Waals surface area contributed by atoms with Crippen molar-refractivity contribution in [3.63, 3.8) is 0 Å². The Morgan fingerprint density at radius 2 is 2.21 bits per heavy atom. The van der Waals surface area contributed by atoms with Crippen molar-refractivity contribution >= 4 is 27.3 Å². The molecule has 1 heterocycles. The normalized spacial score (nSPS) is 12.5. The third-order valence-electron chi connectivity index (χ3n) is 3.07. The Hall–Kier alpha value is -0.710. The van der Waals surface area contributed by atoms with Crippen LogP contribution in [0, 0.1) is 0 Å². The second-order valence-electron chi connectivity index (χ2n) is 4.55. The van der Waals surface area contributed by atoms with Crippen LogP contribution >= 0.6 is 27.3 Å². The topological polar surface area (TPSA) is 24.9 Å². The van der Waals surface area contributed by atoms with Crippen LogP contribution in [0.5, 0.6) is 0 Å². The average Bonchev–Trinajstić information content (AvgIpc) is 2.91. The molecule has 2 nitrogen and oxygen atoms in total. The molecule has 0 aliphatic carbocycles. The largest absolute Gasteiger partial charge is 0.316 e. The summed E-state index contributed by atoms with van der Waals surface area (Å²) in [6.07, 6.45) is 4.05. The number of hydrogen-bond donors (Lipinski definition) is 1. The summed E-state index contributed by atoms with van der Waals surface area (Å²) in [5, 5.41) is 6.78. The Balaban J connectivity index is 2.11. The van der Waals surface area contributed by atoms with Crippen LogP contribution in [-0.2, 0) is 6.42 Å². The fourth-order valence-corrected chi connectivity index (χ4v) is 3.42. The van der Waals surface area contributed by atoms with E-state index in [1.165, 1.54) is 21.5 Å². The second kappa shape index (κ2) is 7.78. The molecule has 0 saturated carbocycles. The van der Waals surface area contributed by atoms with E-state index < -0.39 is 0 Å². The smallest absolute Gasteiger partial charge is 0.0931 e. The SMILES string of the molecule is CCCNCC(Cc1nccs1)c1ccccc1Br. The van der Waals surface area contributed by atoms with Crippen molar-refractivity contribution in [2.45, 2.75) is 25.7 Å². The fraction of sp³-hybridized carbons (Fsp3) is 0.400. The molecular weight excluding hydrogens is 320 g/mol. The maximum Gasteiger partial charge on any atom is 0.0931 e. The monoisotopic (exact) mass is 338 g/mol. The molecule has 0 aliphatic heterocycles. The van der Waals surface area contributed by atoms with Crippen LogP contribution in [0.4, 0.5) is 0 Å². The van der Waals surface area contributed by atoms with Gasteiger partial charge in [0.2, 0.25) is 0 Å². The Kier molecular flexibility index (Phi) is 6.01. The van der Waals surface area contributed by atoms with Crippen molar-refractivity contribution in [3.8, 4) is 0 Å². The number of nitrogens with one attached hydrogen (secondary N) is 1. The molecule has 0 aliphatic rings. The number of rotatable bonds is 7. The number of benzene rings is 1. The first-order valence-corrected chi connectivity index (χ1v) is 8.32. The quantitative estimate of drug-likeness (QED) is 0.764. The lowest BCUT2D eigenvalue weighted by Crippen LogP contribution is -2.24. The van der Waals surface area contributed by atoms with Gasteiger partial charge in [0.1, 0.15) is 0 Å². The van der Waals surface area contributed by atoms with Gasteiger partial charge in [0.05, 0.1) is 5.01 Å². The van der Waals surface area contributed by atoms with Gasteiger partial charge < -0.3 is 5.32 Å². The summed E-state index contributed by atoms with van der Waals surface area (Å²) in [6.45, 7) is 4.26. The third-order valence-corrected chi connectivity index (χ3v) is 4.59. The van der Waals surface area contributed by atoms with E-state index in [0.29, 0.717) is 5.92 Å². The summed E-state index contributed by atoms with van der Waals surface area (Å²) in [5.41, 5.74) is 1.36. The minimum atomic E-state index is 0.466. The first-order valence-electron chi connectivity index (χ1n) is 6.64. The molecule has 0 bridgehead atoms. The van der Waals surface area contributed by atoms with E-state index in [0.717, 1.165) is 19.5 Å². The van der Waals surface area contributed by atoms with Crippen LogP contribution < -0.4 is 5.32 Å². The molecule has 0 fully saturated rings. The summed E-state index contributed by atoms with van der Waals surface area (Å²) in [4.78, 5) is 4.41. The minimum absolute atomic E-state index is 0.466. The highest BCUT2D eigenvalue weighted by Gasteiger charge is 2.15. The number of aromatic nitrogens is 1. The van der Waals surface area contributed by atoms with Crippen molar-refractivity contribution < 1.29 is 0 Å². The minimum Gasteiger partial charge on any atom is -0.316 e. The fourth-order valence-electron chi connectivity index (χ4n) is 2.12. The summed E-state index contributed by atoms with van der Waals surface area (Å²) in [7, 11) is 0. The Labute approximate surface area is 127 Å². The van der Waals surface area contributed by atoms with Crippen LogP contribution in [0.2, 0.25) is 0 Å². The predicted molar refractivity (Wildman–Crippen MR) is 85.9 cm³/mol. The van der Waals surface area contributed by atoms with Gasteiger partial charge in [0, 0.05) is 34.9 Å². The molecule has 0 spiro atoms. The van der Waals surface area contributed by atoms with E-state index >= 15 is 0 Å². The molecule has 2 aromatic rings. The van der Waals surface area contributed by atoms with Crippen LogP contribution in [0.15, 0.2) is 40.3 Å². The van der Waals surface area contributed by atoms with Gasteiger partial charge in [-0.25, -0.2) is 4.98 Å². The van der Waals surface area contributed by atoms with Gasteiger partial charge in [-0.1, -0.05) is 41.1 Å². The van der Waals surface area contributed by atoms with Gasteiger partial charge in [0.15, 0.2) is 0 Å². The Morgan fingerprint density at radius 3 is 2.89 bits per heavy atom. The van der Waals surface area contributed by atoms with Crippen molar-refractivity contribution in [1.82, 2.24) is 10.3 Å². The zero-order chi connectivity index (χ0) is 13.5. The van der Waals surface area contributed by atoms with E-state index in [4.69, 9.17) is 0 Å². The van der Waals surface area contributed by atoms with Gasteiger partial charge in [-0.3, -0.25) is 0 Å². The summed E-state index contributed by atoms with van der Waals surface area (Å²) in [6, 6.07) is 8.49. The molecular formula is C15H19BrN2S. The van der Waals surface area contributed by atoms with Gasteiger partial charge in [-0.2, -0.15) is 0 Å². The molecule has 102 valence electrons. The number of halogens is 1. The van der Waals surface area contributed by atoms with Crippen molar-refractivity contribution in [2.75, 3.05) is 13.1 Å². The number of hydrogen-bond acceptors (Lipinski definition) is 3. The Morgan fingerprint density at radius 1 is 1.37 bits per heavy atom. The van der Waals surface area contributed by atoms with Gasteiger partial charge in [0.25, 0.3) is 0 Å². The van der Waals surface area contributed by atoms with Crippen LogP contribution in [0.1, 0.15) is 29.8 Å². The van der Waals surface area contributed by atoms with E-state index in [9.17, 15) is 0 Å². The summed E-state index contributed by atoms with van der Waals surface area (Å²) < 4.78 is 1.19. The van der Waals surface area contributed by atoms with Crippen LogP contribution in [0.25, 0.3) is 0 Å². The van der Waals surface area contributed by atoms with Gasteiger partial charge in [-0.15, -0.1) is 11.3 Å². The van der Waals surface area contributed by atoms with Crippen molar-refractivity contribution in [1.29, 1.82) is 0 Å². The molecule has 2 rings (SSSR count). The van der Waals surface area contributed by atoms with Crippen LogP contribution in [0.3, 0.4) is 0 Å². The first kappa shape index (κ1) is 14.7. The van der Waals surface area contributed by atoms with Crippen molar-refractivity contribution in [2.24, 2.45) is 0 Å². The highest BCUT2D eigenvalue weighted by molar-refractivity contribution is 9.10. The predicted octanol–water partition coefficient (Wildman–Crippen LogP) is 4.23. The lowest BCUT2D eigenvalue weighted by atomic mass is 9.96. The van der Waals surface area contributed by atoms with E-state index in [1.54, 1.807) is 11.3 Å². The highest BCUT2D eigenvalue weighted by Crippen LogP contribution is 2.28. The second-order valence-corrected chi connectivity index (χ2v) is 6.39. The summed E-state index contributed by atoms with van der Waals surface area (Å²) >= 11 is 5.40. The zero-order valence-electron chi connectivity index (χ0n) is 11.1. The highest BCUT2D eigenvalue weighted by atomic mass is 79.9. The standard InChI is InChI=1S/C15H19BrN2S/c1-2-7-17-11-12(10-15-18-8-9-19-15)13-5-3-4-6-14(13)16/h3-6,8-9,12,17H,2,7,10-11H2,1H3. The summed E-state index contributed by atoms with van der Waals surface area (Å²) in [5.74, 6) is 0.466. The van der Waals surface area contributed by atoms with Crippen LogP contribution in [-0.4, -0.2) is 18.1 Å². The number of thiazole rings is 1. The lowest BCUT2D eigenvalue weighted by Gasteiger charge is -2.18. The molecule has 0 saturated heterocycles.